The van der Waals surface area contributed by atoms with E-state index in [4.69, 9.17) is 44.0 Å². The first-order chi connectivity index (χ1) is 13.4. The summed E-state index contributed by atoms with van der Waals surface area (Å²) in [6.07, 6.45) is 1.40. The number of rotatable bonds is 6. The van der Waals surface area contributed by atoms with Crippen LogP contribution in [0, 0.1) is 6.92 Å². The first kappa shape index (κ1) is 20.3. The minimum atomic E-state index is -0.445. The van der Waals surface area contributed by atoms with E-state index in [-0.39, 0.29) is 6.61 Å². The molecule has 0 atom stereocenters. The van der Waals surface area contributed by atoms with Gasteiger partial charge in [-0.05, 0) is 48.9 Å². The lowest BCUT2D eigenvalue weighted by Crippen LogP contribution is -2.24. The number of furan rings is 1. The van der Waals surface area contributed by atoms with Crippen LogP contribution in [-0.2, 0) is 4.79 Å². The third-order valence-corrected chi connectivity index (χ3v) is 4.65. The third kappa shape index (κ3) is 5.29. The van der Waals surface area contributed by atoms with Crippen LogP contribution in [0.2, 0.25) is 15.1 Å². The van der Waals surface area contributed by atoms with E-state index in [1.165, 1.54) is 12.3 Å². The molecule has 28 heavy (non-hydrogen) atoms. The maximum atomic E-state index is 11.8. The van der Waals surface area contributed by atoms with E-state index in [1.54, 1.807) is 24.3 Å². The van der Waals surface area contributed by atoms with Gasteiger partial charge in [0.05, 0.1) is 11.2 Å². The van der Waals surface area contributed by atoms with E-state index in [0.29, 0.717) is 32.3 Å². The first-order valence-electron chi connectivity index (χ1n) is 8.18. The molecular formula is C20H15Cl3N2O3. The highest BCUT2D eigenvalue weighted by atomic mass is 35.5. The first-order valence-corrected chi connectivity index (χ1v) is 9.32. The van der Waals surface area contributed by atoms with Gasteiger partial charge >= 0.3 is 0 Å². The molecule has 3 aromatic rings. The second kappa shape index (κ2) is 9.15. The molecule has 0 saturated carbocycles. The van der Waals surface area contributed by atoms with Crippen LogP contribution in [0.3, 0.4) is 0 Å². The molecule has 0 unspecified atom stereocenters. The van der Waals surface area contributed by atoms with Gasteiger partial charge in [-0.3, -0.25) is 4.79 Å². The molecule has 1 aromatic heterocycles. The van der Waals surface area contributed by atoms with Crippen molar-refractivity contribution in [2.24, 2.45) is 5.10 Å². The highest BCUT2D eigenvalue weighted by molar-refractivity contribution is 6.35. The Morgan fingerprint density at radius 3 is 2.68 bits per heavy atom. The van der Waals surface area contributed by atoms with Crippen molar-refractivity contribution in [1.82, 2.24) is 5.43 Å². The predicted molar refractivity (Wildman–Crippen MR) is 112 cm³/mol. The van der Waals surface area contributed by atoms with Crippen LogP contribution in [0.1, 0.15) is 11.3 Å². The van der Waals surface area contributed by atoms with Gasteiger partial charge in [0.15, 0.2) is 6.61 Å². The molecule has 0 radical (unpaired) electrons. The summed E-state index contributed by atoms with van der Waals surface area (Å²) in [6.45, 7) is 1.68. The Hall–Kier alpha value is -2.47. The van der Waals surface area contributed by atoms with Gasteiger partial charge in [0.2, 0.25) is 0 Å². The number of carbonyl (C=O) groups is 1. The van der Waals surface area contributed by atoms with E-state index in [0.717, 1.165) is 11.1 Å². The zero-order valence-electron chi connectivity index (χ0n) is 14.7. The molecule has 0 aliphatic rings. The summed E-state index contributed by atoms with van der Waals surface area (Å²) in [5.74, 6) is 1.04. The lowest BCUT2D eigenvalue weighted by molar-refractivity contribution is -0.123. The van der Waals surface area contributed by atoms with Crippen molar-refractivity contribution in [3.05, 3.63) is 74.9 Å². The zero-order valence-corrected chi connectivity index (χ0v) is 17.0. The number of nitrogens with zero attached hydrogens (tertiary/aromatic N) is 1. The van der Waals surface area contributed by atoms with Crippen LogP contribution in [0.15, 0.2) is 58.0 Å². The van der Waals surface area contributed by atoms with E-state index in [9.17, 15) is 4.79 Å². The molecule has 0 bridgehead atoms. The summed E-state index contributed by atoms with van der Waals surface area (Å²) in [6, 6.07) is 13.9. The Kier molecular flexibility index (Phi) is 6.62. The fourth-order valence-electron chi connectivity index (χ4n) is 2.26. The predicted octanol–water partition coefficient (Wildman–Crippen LogP) is 5.74. The van der Waals surface area contributed by atoms with E-state index in [1.807, 2.05) is 25.1 Å². The second-order valence-corrected chi connectivity index (χ2v) is 7.07. The van der Waals surface area contributed by atoms with Gasteiger partial charge in [-0.2, -0.15) is 5.10 Å². The van der Waals surface area contributed by atoms with Gasteiger partial charge < -0.3 is 9.15 Å². The Morgan fingerprint density at radius 1 is 1.11 bits per heavy atom. The molecule has 0 aliphatic carbocycles. The van der Waals surface area contributed by atoms with Crippen LogP contribution in [0.5, 0.6) is 5.75 Å². The molecule has 3 rings (SSSR count). The Morgan fingerprint density at radius 2 is 1.93 bits per heavy atom. The summed E-state index contributed by atoms with van der Waals surface area (Å²) in [7, 11) is 0. The van der Waals surface area contributed by atoms with Crippen molar-refractivity contribution in [3.63, 3.8) is 0 Å². The molecule has 2 aromatic carbocycles. The van der Waals surface area contributed by atoms with Crippen molar-refractivity contribution >= 4 is 46.9 Å². The average molecular weight is 438 g/mol. The number of nitrogens with one attached hydrogen (secondary N) is 1. The van der Waals surface area contributed by atoms with Gasteiger partial charge in [0.25, 0.3) is 5.91 Å². The van der Waals surface area contributed by atoms with Crippen LogP contribution >= 0.6 is 34.8 Å². The van der Waals surface area contributed by atoms with Crippen molar-refractivity contribution in [2.75, 3.05) is 6.61 Å². The van der Waals surface area contributed by atoms with Crippen LogP contribution in [0.4, 0.5) is 0 Å². The number of carbonyl (C=O) groups excluding carboxylic acids is 1. The van der Waals surface area contributed by atoms with Crippen molar-refractivity contribution in [3.8, 4) is 17.1 Å². The number of amides is 1. The Balaban J connectivity index is 1.53. The minimum absolute atomic E-state index is 0.246. The smallest absolute Gasteiger partial charge is 0.277 e. The Bertz CT molecular complexity index is 1030. The number of benzene rings is 2. The fraction of sp³-hybridized carbons (Fsp3) is 0.100. The summed E-state index contributed by atoms with van der Waals surface area (Å²) >= 11 is 17.9. The van der Waals surface area contributed by atoms with E-state index in [2.05, 4.69) is 10.5 Å². The summed E-state index contributed by atoms with van der Waals surface area (Å²) in [5.41, 5.74) is 4.20. The number of hydrogen-bond donors (Lipinski definition) is 1. The second-order valence-electron chi connectivity index (χ2n) is 5.82. The molecule has 5 nitrogen and oxygen atoms in total. The largest absolute Gasteiger partial charge is 0.482 e. The van der Waals surface area contributed by atoms with Gasteiger partial charge in [-0.1, -0.05) is 46.9 Å². The topological polar surface area (TPSA) is 63.8 Å². The molecule has 1 N–H and O–H groups in total. The molecule has 1 amide bonds. The lowest BCUT2D eigenvalue weighted by Gasteiger charge is -2.06. The Labute approximate surface area is 176 Å². The zero-order chi connectivity index (χ0) is 20.1. The van der Waals surface area contributed by atoms with Gasteiger partial charge in [-0.15, -0.1) is 0 Å². The number of aryl methyl sites for hydroxylation is 1. The molecule has 0 saturated heterocycles. The third-order valence-electron chi connectivity index (χ3n) is 3.72. The SMILES string of the molecule is Cc1ccc(-c2ccc(/C=N\NC(=O)COc3ccc(Cl)cc3Cl)o2)cc1Cl. The number of hydrogen-bond acceptors (Lipinski definition) is 4. The lowest BCUT2D eigenvalue weighted by atomic mass is 10.1. The monoisotopic (exact) mass is 436 g/mol. The van der Waals surface area contributed by atoms with Crippen LogP contribution in [-0.4, -0.2) is 18.7 Å². The number of ether oxygens (including phenoxy) is 1. The molecule has 144 valence electrons. The van der Waals surface area contributed by atoms with Crippen molar-refractivity contribution in [2.45, 2.75) is 6.92 Å². The fourth-order valence-corrected chi connectivity index (χ4v) is 2.90. The van der Waals surface area contributed by atoms with Gasteiger partial charge in [-0.25, -0.2) is 5.43 Å². The summed E-state index contributed by atoms with van der Waals surface area (Å²) in [4.78, 5) is 11.8. The van der Waals surface area contributed by atoms with Crippen LogP contribution < -0.4 is 10.2 Å². The van der Waals surface area contributed by atoms with Crippen molar-refractivity contribution in [1.29, 1.82) is 0 Å². The molecule has 0 aliphatic heterocycles. The maximum absolute atomic E-state index is 11.8. The number of halogens is 3. The molecule has 8 heteroatoms. The quantitative estimate of drug-likeness (QED) is 0.395. The summed E-state index contributed by atoms with van der Waals surface area (Å²) in [5, 5.41) is 5.32. The highest BCUT2D eigenvalue weighted by Gasteiger charge is 2.07. The summed E-state index contributed by atoms with van der Waals surface area (Å²) < 4.78 is 11.0. The minimum Gasteiger partial charge on any atom is -0.482 e. The molecule has 1 heterocycles. The molecular weight excluding hydrogens is 423 g/mol. The highest BCUT2D eigenvalue weighted by Crippen LogP contribution is 2.28. The van der Waals surface area contributed by atoms with Crippen LogP contribution in [0.25, 0.3) is 11.3 Å². The maximum Gasteiger partial charge on any atom is 0.277 e. The van der Waals surface area contributed by atoms with Gasteiger partial charge in [0.1, 0.15) is 17.3 Å². The average Bonchev–Trinajstić information content (AvgIpc) is 3.12. The standard InChI is InChI=1S/C20H15Cl3N2O3/c1-12-2-3-13(8-16(12)22)18-7-5-15(28-18)10-24-25-20(26)11-27-19-6-4-14(21)9-17(19)23/h2-10H,11H2,1H3,(H,25,26)/b24-10-. The molecule has 0 spiro atoms. The van der Waals surface area contributed by atoms with E-state index >= 15 is 0 Å². The normalized spacial score (nSPS) is 11.0. The molecule has 0 fully saturated rings. The van der Waals surface area contributed by atoms with E-state index < -0.39 is 5.91 Å². The number of hydrazone groups is 1. The van der Waals surface area contributed by atoms with Crippen molar-refractivity contribution < 1.29 is 13.9 Å². The van der Waals surface area contributed by atoms with Gasteiger partial charge in [0, 0.05) is 15.6 Å².